The number of nitrogens with one attached hydrogen (secondary N) is 2. The van der Waals surface area contributed by atoms with Crippen LogP contribution in [0.25, 0.3) is 10.8 Å². The number of carbonyl (C=O) groups is 1. The molecule has 0 atom stereocenters. The van der Waals surface area contributed by atoms with Crippen LogP contribution in [0.15, 0.2) is 54.9 Å². The molecule has 27 heavy (non-hydrogen) atoms. The van der Waals surface area contributed by atoms with Gasteiger partial charge in [-0.1, -0.05) is 6.07 Å². The smallest absolute Gasteiger partial charge is 0.241 e. The molecule has 0 radical (unpaired) electrons. The zero-order valence-corrected chi connectivity index (χ0v) is 15.1. The van der Waals surface area contributed by atoms with Crippen LogP contribution in [0.5, 0.6) is 11.5 Å². The van der Waals surface area contributed by atoms with Crippen LogP contribution in [0.1, 0.15) is 0 Å². The van der Waals surface area contributed by atoms with Gasteiger partial charge in [0.1, 0.15) is 23.1 Å². The van der Waals surface area contributed by atoms with E-state index in [1.807, 2.05) is 0 Å². The first-order valence-corrected chi connectivity index (χ1v) is 9.54. The van der Waals surface area contributed by atoms with Crippen LogP contribution < -0.4 is 14.8 Å². The summed E-state index contributed by atoms with van der Waals surface area (Å²) in [5, 5.41) is 3.75. The number of halogens is 1. The number of carbonyl (C=O) groups excluding carboxylic acids is 1. The number of benzene rings is 2. The lowest BCUT2D eigenvalue weighted by Gasteiger charge is -2.13. The Hall–Kier alpha value is -3.04. The molecular formula is C18H16FN3O4S. The van der Waals surface area contributed by atoms with Crippen molar-refractivity contribution in [1.29, 1.82) is 0 Å². The Morgan fingerprint density at radius 3 is 2.74 bits per heavy atom. The first-order valence-electron chi connectivity index (χ1n) is 7.89. The molecule has 0 saturated carbocycles. The number of aromatic nitrogens is 1. The summed E-state index contributed by atoms with van der Waals surface area (Å²) < 4.78 is 44.2. The quantitative estimate of drug-likeness (QED) is 0.676. The van der Waals surface area contributed by atoms with Gasteiger partial charge in [0.25, 0.3) is 0 Å². The number of pyridine rings is 1. The molecule has 0 aliphatic carbocycles. The molecule has 3 rings (SSSR count). The van der Waals surface area contributed by atoms with Crippen LogP contribution in [0.3, 0.4) is 0 Å². The summed E-state index contributed by atoms with van der Waals surface area (Å²) in [5.41, 5.74) is 0.390. The minimum Gasteiger partial charge on any atom is -0.457 e. The van der Waals surface area contributed by atoms with Gasteiger partial charge < -0.3 is 10.1 Å². The summed E-state index contributed by atoms with van der Waals surface area (Å²) in [5.74, 6) is -1.04. The third-order valence-electron chi connectivity index (χ3n) is 3.71. The second kappa shape index (κ2) is 7.68. The highest BCUT2D eigenvalue weighted by atomic mass is 32.2. The topological polar surface area (TPSA) is 97.4 Å². The summed E-state index contributed by atoms with van der Waals surface area (Å²) in [4.78, 5) is 16.1. The van der Waals surface area contributed by atoms with Gasteiger partial charge in [0.2, 0.25) is 15.9 Å². The highest BCUT2D eigenvalue weighted by molar-refractivity contribution is 7.90. The van der Waals surface area contributed by atoms with Crippen molar-refractivity contribution in [3.05, 3.63) is 60.7 Å². The molecule has 140 valence electrons. The van der Waals surface area contributed by atoms with E-state index in [4.69, 9.17) is 4.74 Å². The van der Waals surface area contributed by atoms with Gasteiger partial charge in [-0.2, -0.15) is 0 Å². The third-order valence-corrected chi connectivity index (χ3v) is 4.97. The van der Waals surface area contributed by atoms with Crippen molar-refractivity contribution >= 4 is 32.4 Å². The number of nitrogens with zero attached hydrogens (tertiary/aromatic N) is 1. The molecule has 3 aromatic rings. The van der Waals surface area contributed by atoms with E-state index in [1.165, 1.54) is 31.4 Å². The second-order valence-electron chi connectivity index (χ2n) is 5.60. The fraction of sp³-hybridized carbons (Fsp3) is 0.111. The number of hydrogen-bond donors (Lipinski definition) is 2. The van der Waals surface area contributed by atoms with E-state index in [2.05, 4.69) is 15.0 Å². The van der Waals surface area contributed by atoms with E-state index in [0.717, 1.165) is 0 Å². The molecule has 0 fully saturated rings. The maximum atomic E-state index is 13.4. The fourth-order valence-corrected chi connectivity index (χ4v) is 3.01. The molecular weight excluding hydrogens is 373 g/mol. The molecule has 0 bridgehead atoms. The number of hydrogen-bond acceptors (Lipinski definition) is 5. The van der Waals surface area contributed by atoms with Gasteiger partial charge in [-0.05, 0) is 37.4 Å². The van der Waals surface area contributed by atoms with E-state index in [9.17, 15) is 17.6 Å². The molecule has 1 amide bonds. The first kappa shape index (κ1) is 18.7. The van der Waals surface area contributed by atoms with Crippen molar-refractivity contribution in [1.82, 2.24) is 9.71 Å². The van der Waals surface area contributed by atoms with E-state index in [-0.39, 0.29) is 0 Å². The second-order valence-corrected chi connectivity index (χ2v) is 7.53. The van der Waals surface area contributed by atoms with E-state index in [1.54, 1.807) is 30.5 Å². The Morgan fingerprint density at radius 2 is 2.00 bits per heavy atom. The predicted octanol–water partition coefficient (Wildman–Crippen LogP) is 2.65. The Labute approximate surface area is 155 Å². The predicted molar refractivity (Wildman–Crippen MR) is 99.7 cm³/mol. The SMILES string of the molecule is CNS(=O)(=O)CC(=O)Nc1ccc(Oc2cccc(F)c2)c2ccncc12. The zero-order valence-electron chi connectivity index (χ0n) is 14.3. The lowest BCUT2D eigenvalue weighted by Crippen LogP contribution is -2.30. The molecule has 2 aromatic carbocycles. The molecule has 0 aliphatic heterocycles. The lowest BCUT2D eigenvalue weighted by molar-refractivity contribution is -0.113. The van der Waals surface area contributed by atoms with Crippen LogP contribution in [-0.4, -0.2) is 32.1 Å². The molecule has 7 nitrogen and oxygen atoms in total. The molecule has 0 unspecified atom stereocenters. The Bertz CT molecular complexity index is 1100. The number of anilines is 1. The lowest BCUT2D eigenvalue weighted by atomic mass is 10.1. The highest BCUT2D eigenvalue weighted by Gasteiger charge is 2.16. The minimum atomic E-state index is -3.68. The maximum Gasteiger partial charge on any atom is 0.241 e. The number of fused-ring (bicyclic) bond motifs is 1. The van der Waals surface area contributed by atoms with E-state index >= 15 is 0 Å². The maximum absolute atomic E-state index is 13.4. The summed E-state index contributed by atoms with van der Waals surface area (Å²) in [6, 6.07) is 10.6. The van der Waals surface area contributed by atoms with Crippen LogP contribution in [-0.2, 0) is 14.8 Å². The van der Waals surface area contributed by atoms with Crippen molar-refractivity contribution in [2.75, 3.05) is 18.1 Å². The first-order chi connectivity index (χ1) is 12.9. The summed E-state index contributed by atoms with van der Waals surface area (Å²) in [7, 11) is -2.45. The Kier molecular flexibility index (Phi) is 5.33. The molecule has 1 heterocycles. The van der Waals surface area contributed by atoms with Gasteiger partial charge >= 0.3 is 0 Å². The third kappa shape index (κ3) is 4.57. The monoisotopic (exact) mass is 389 g/mol. The summed E-state index contributed by atoms with van der Waals surface area (Å²) in [6.45, 7) is 0. The van der Waals surface area contributed by atoms with Crippen LogP contribution in [0.4, 0.5) is 10.1 Å². The number of sulfonamides is 1. The normalized spacial score (nSPS) is 11.3. The van der Waals surface area contributed by atoms with Crippen molar-refractivity contribution in [2.24, 2.45) is 0 Å². The highest BCUT2D eigenvalue weighted by Crippen LogP contribution is 2.34. The average Bonchev–Trinajstić information content (AvgIpc) is 2.63. The molecule has 9 heteroatoms. The van der Waals surface area contributed by atoms with Crippen molar-refractivity contribution in [3.8, 4) is 11.5 Å². The largest absolute Gasteiger partial charge is 0.457 e. The standard InChI is InChI=1S/C18H16FN3O4S/c1-20-27(24,25)11-18(23)22-16-5-6-17(14-7-8-21-10-15(14)16)26-13-4-2-3-12(19)9-13/h2-10,20H,11H2,1H3,(H,22,23). The Balaban J connectivity index is 1.92. The number of ether oxygens (including phenoxy) is 1. The Morgan fingerprint density at radius 1 is 1.19 bits per heavy atom. The van der Waals surface area contributed by atoms with Crippen molar-refractivity contribution in [3.63, 3.8) is 0 Å². The van der Waals surface area contributed by atoms with E-state index < -0.39 is 27.5 Å². The van der Waals surface area contributed by atoms with Crippen molar-refractivity contribution < 1.29 is 22.3 Å². The van der Waals surface area contributed by atoms with E-state index in [0.29, 0.717) is 28.0 Å². The zero-order chi connectivity index (χ0) is 19.4. The van der Waals surface area contributed by atoms with Crippen LogP contribution in [0.2, 0.25) is 0 Å². The molecule has 2 N–H and O–H groups in total. The average molecular weight is 389 g/mol. The summed E-state index contributed by atoms with van der Waals surface area (Å²) >= 11 is 0. The molecule has 0 aliphatic rings. The van der Waals surface area contributed by atoms with Gasteiger partial charge in [-0.15, -0.1) is 0 Å². The minimum absolute atomic E-state index is 0.324. The molecule has 0 saturated heterocycles. The summed E-state index contributed by atoms with van der Waals surface area (Å²) in [6.07, 6.45) is 3.08. The van der Waals surface area contributed by atoms with Gasteiger partial charge in [-0.3, -0.25) is 9.78 Å². The van der Waals surface area contributed by atoms with Crippen molar-refractivity contribution in [2.45, 2.75) is 0 Å². The van der Waals surface area contributed by atoms with Crippen LogP contribution >= 0.6 is 0 Å². The fourth-order valence-electron chi connectivity index (χ4n) is 2.45. The van der Waals surface area contributed by atoms with Gasteiger partial charge in [-0.25, -0.2) is 17.5 Å². The molecule has 1 aromatic heterocycles. The number of rotatable bonds is 6. The van der Waals surface area contributed by atoms with Gasteiger partial charge in [0.05, 0.1) is 5.69 Å². The van der Waals surface area contributed by atoms with Crippen LogP contribution in [0, 0.1) is 5.82 Å². The number of amides is 1. The molecule has 0 spiro atoms. The van der Waals surface area contributed by atoms with Gasteiger partial charge in [0, 0.05) is 29.2 Å². The van der Waals surface area contributed by atoms with Gasteiger partial charge in [0.15, 0.2) is 0 Å².